The van der Waals surface area contributed by atoms with Crippen LogP contribution in [0.15, 0.2) is 24.3 Å². The van der Waals surface area contributed by atoms with Crippen LogP contribution in [0.3, 0.4) is 0 Å². The quantitative estimate of drug-likeness (QED) is 0.746. The molecule has 1 atom stereocenters. The van der Waals surface area contributed by atoms with E-state index in [1.54, 1.807) is 0 Å². The van der Waals surface area contributed by atoms with Crippen molar-refractivity contribution in [3.63, 3.8) is 0 Å². The average molecular weight is 289 g/mol. The van der Waals surface area contributed by atoms with E-state index in [0.717, 1.165) is 36.9 Å². The van der Waals surface area contributed by atoms with Gasteiger partial charge in [-0.15, -0.1) is 0 Å². The zero-order valence-electron chi connectivity index (χ0n) is 13.5. The first kappa shape index (κ1) is 16.0. The summed E-state index contributed by atoms with van der Waals surface area (Å²) in [5, 5.41) is 0. The van der Waals surface area contributed by atoms with Gasteiger partial charge >= 0.3 is 0 Å². The number of piperidine rings is 1. The van der Waals surface area contributed by atoms with Crippen LogP contribution in [-0.4, -0.2) is 36.4 Å². The largest absolute Gasteiger partial charge is 0.491 e. The lowest BCUT2D eigenvalue weighted by Gasteiger charge is -2.30. The van der Waals surface area contributed by atoms with E-state index in [1.807, 2.05) is 38.1 Å². The van der Waals surface area contributed by atoms with E-state index < -0.39 is 0 Å². The first-order valence-electron chi connectivity index (χ1n) is 8.07. The lowest BCUT2D eigenvalue weighted by atomic mass is 9.99. The highest BCUT2D eigenvalue weighted by atomic mass is 16.5. The number of ether oxygens (including phenoxy) is 1. The van der Waals surface area contributed by atoms with Gasteiger partial charge in [0.2, 0.25) is 0 Å². The SMILES string of the molecule is CC1CCCN(CCC(=O)c2ccc(OC(C)C)cc2)C1. The van der Waals surface area contributed by atoms with Crippen molar-refractivity contribution in [1.82, 2.24) is 4.90 Å². The van der Waals surface area contributed by atoms with Gasteiger partial charge in [-0.05, 0) is 63.4 Å². The van der Waals surface area contributed by atoms with Gasteiger partial charge in [0.05, 0.1) is 6.10 Å². The summed E-state index contributed by atoms with van der Waals surface area (Å²) >= 11 is 0. The van der Waals surface area contributed by atoms with E-state index >= 15 is 0 Å². The molecule has 1 fully saturated rings. The molecule has 21 heavy (non-hydrogen) atoms. The number of ketones is 1. The summed E-state index contributed by atoms with van der Waals surface area (Å²) in [6.07, 6.45) is 3.35. The molecule has 0 radical (unpaired) electrons. The lowest BCUT2D eigenvalue weighted by Crippen LogP contribution is -2.35. The summed E-state index contributed by atoms with van der Waals surface area (Å²) in [5.41, 5.74) is 0.788. The van der Waals surface area contributed by atoms with E-state index in [-0.39, 0.29) is 11.9 Å². The van der Waals surface area contributed by atoms with Crippen molar-refractivity contribution in [3.8, 4) is 5.75 Å². The molecule has 0 N–H and O–H groups in total. The second kappa shape index (κ2) is 7.60. The highest BCUT2D eigenvalue weighted by Crippen LogP contribution is 2.17. The maximum Gasteiger partial charge on any atom is 0.164 e. The van der Waals surface area contributed by atoms with Gasteiger partial charge in [0, 0.05) is 25.1 Å². The topological polar surface area (TPSA) is 29.5 Å². The molecule has 1 heterocycles. The molecule has 1 aliphatic heterocycles. The van der Waals surface area contributed by atoms with Gasteiger partial charge in [-0.1, -0.05) is 6.92 Å². The minimum atomic E-state index is 0.160. The van der Waals surface area contributed by atoms with Crippen LogP contribution in [0, 0.1) is 5.92 Å². The second-order valence-electron chi connectivity index (χ2n) is 6.41. The van der Waals surface area contributed by atoms with Crippen LogP contribution in [-0.2, 0) is 0 Å². The zero-order chi connectivity index (χ0) is 15.2. The minimum Gasteiger partial charge on any atom is -0.491 e. The second-order valence-corrected chi connectivity index (χ2v) is 6.41. The molecule has 0 amide bonds. The first-order chi connectivity index (χ1) is 10.0. The maximum atomic E-state index is 12.2. The molecule has 116 valence electrons. The average Bonchev–Trinajstić information content (AvgIpc) is 2.45. The molecule has 1 saturated heterocycles. The third-order valence-corrected chi connectivity index (χ3v) is 3.94. The van der Waals surface area contributed by atoms with Crippen molar-refractivity contribution < 1.29 is 9.53 Å². The normalized spacial score (nSPS) is 19.7. The van der Waals surface area contributed by atoms with E-state index in [1.165, 1.54) is 12.8 Å². The Hall–Kier alpha value is -1.35. The molecule has 2 rings (SSSR count). The van der Waals surface area contributed by atoms with Gasteiger partial charge in [0.15, 0.2) is 5.78 Å². The van der Waals surface area contributed by atoms with E-state index in [4.69, 9.17) is 4.74 Å². The molecular formula is C18H27NO2. The molecule has 1 unspecified atom stereocenters. The number of Topliss-reactive ketones (excluding diaryl/α,β-unsaturated/α-hetero) is 1. The fraction of sp³-hybridized carbons (Fsp3) is 0.611. The highest BCUT2D eigenvalue weighted by molar-refractivity contribution is 5.96. The fourth-order valence-corrected chi connectivity index (χ4v) is 2.89. The van der Waals surface area contributed by atoms with Gasteiger partial charge in [0.25, 0.3) is 0 Å². The highest BCUT2D eigenvalue weighted by Gasteiger charge is 2.17. The standard InChI is InChI=1S/C18H27NO2/c1-14(2)21-17-8-6-16(7-9-17)18(20)10-12-19-11-4-5-15(3)13-19/h6-9,14-15H,4-5,10-13H2,1-3H3. The van der Waals surface area contributed by atoms with Crippen molar-refractivity contribution in [1.29, 1.82) is 0 Å². The number of carbonyl (C=O) groups is 1. The van der Waals surface area contributed by atoms with Crippen molar-refractivity contribution in [2.75, 3.05) is 19.6 Å². The number of hydrogen-bond acceptors (Lipinski definition) is 3. The number of nitrogens with zero attached hydrogens (tertiary/aromatic N) is 1. The number of benzene rings is 1. The van der Waals surface area contributed by atoms with Crippen LogP contribution in [0.2, 0.25) is 0 Å². The zero-order valence-corrected chi connectivity index (χ0v) is 13.5. The van der Waals surface area contributed by atoms with Crippen molar-refractivity contribution in [2.24, 2.45) is 5.92 Å². The van der Waals surface area contributed by atoms with Crippen LogP contribution in [0.5, 0.6) is 5.75 Å². The number of hydrogen-bond donors (Lipinski definition) is 0. The smallest absolute Gasteiger partial charge is 0.164 e. The Kier molecular flexibility index (Phi) is 5.80. The van der Waals surface area contributed by atoms with Gasteiger partial charge in [-0.3, -0.25) is 4.79 Å². The number of likely N-dealkylation sites (tertiary alicyclic amines) is 1. The molecule has 1 aromatic carbocycles. The summed E-state index contributed by atoms with van der Waals surface area (Å²) in [7, 11) is 0. The summed E-state index contributed by atoms with van der Waals surface area (Å²) in [5.74, 6) is 1.82. The molecule has 3 nitrogen and oxygen atoms in total. The van der Waals surface area contributed by atoms with Gasteiger partial charge in [0.1, 0.15) is 5.75 Å². The van der Waals surface area contributed by atoms with Crippen LogP contribution < -0.4 is 4.74 Å². The molecule has 1 aliphatic rings. The monoisotopic (exact) mass is 289 g/mol. The molecule has 0 aliphatic carbocycles. The number of rotatable bonds is 6. The van der Waals surface area contributed by atoms with Gasteiger partial charge in [-0.25, -0.2) is 0 Å². The Labute approximate surface area is 128 Å². The molecule has 0 saturated carbocycles. The Balaban J connectivity index is 1.82. The summed E-state index contributed by atoms with van der Waals surface area (Å²) in [6.45, 7) is 9.44. The Morgan fingerprint density at radius 3 is 2.67 bits per heavy atom. The van der Waals surface area contributed by atoms with Gasteiger partial charge in [-0.2, -0.15) is 0 Å². The lowest BCUT2D eigenvalue weighted by molar-refractivity contribution is 0.0949. The Bertz CT molecular complexity index is 453. The Morgan fingerprint density at radius 1 is 1.33 bits per heavy atom. The first-order valence-corrected chi connectivity index (χ1v) is 8.07. The molecule has 0 aromatic heterocycles. The van der Waals surface area contributed by atoms with Gasteiger partial charge < -0.3 is 9.64 Å². The summed E-state index contributed by atoms with van der Waals surface area (Å²) in [4.78, 5) is 14.7. The summed E-state index contributed by atoms with van der Waals surface area (Å²) in [6, 6.07) is 7.52. The van der Waals surface area contributed by atoms with Crippen molar-refractivity contribution in [3.05, 3.63) is 29.8 Å². The minimum absolute atomic E-state index is 0.160. The van der Waals surface area contributed by atoms with Crippen LogP contribution in [0.1, 0.15) is 50.4 Å². The third-order valence-electron chi connectivity index (χ3n) is 3.94. The predicted octanol–water partition coefficient (Wildman–Crippen LogP) is 3.78. The van der Waals surface area contributed by atoms with Crippen molar-refractivity contribution in [2.45, 2.75) is 46.1 Å². The number of carbonyl (C=O) groups excluding carboxylic acids is 1. The van der Waals surface area contributed by atoms with Crippen LogP contribution in [0.25, 0.3) is 0 Å². The molecule has 1 aromatic rings. The molecular weight excluding hydrogens is 262 g/mol. The molecule has 0 spiro atoms. The third kappa shape index (κ3) is 5.16. The predicted molar refractivity (Wildman–Crippen MR) is 86.0 cm³/mol. The fourth-order valence-electron chi connectivity index (χ4n) is 2.89. The maximum absolute atomic E-state index is 12.2. The van der Waals surface area contributed by atoms with E-state index in [9.17, 15) is 4.79 Å². The van der Waals surface area contributed by atoms with Crippen LogP contribution >= 0.6 is 0 Å². The van der Waals surface area contributed by atoms with E-state index in [2.05, 4.69) is 11.8 Å². The van der Waals surface area contributed by atoms with Crippen LogP contribution in [0.4, 0.5) is 0 Å². The summed E-state index contributed by atoms with van der Waals surface area (Å²) < 4.78 is 5.60. The van der Waals surface area contributed by atoms with Crippen molar-refractivity contribution >= 4 is 5.78 Å². The van der Waals surface area contributed by atoms with E-state index in [0.29, 0.717) is 6.42 Å². The molecule has 0 bridgehead atoms. The molecule has 3 heteroatoms. The Morgan fingerprint density at radius 2 is 2.05 bits per heavy atom.